The van der Waals surface area contributed by atoms with Gasteiger partial charge in [-0.15, -0.1) is 0 Å². The fourth-order valence-electron chi connectivity index (χ4n) is 2.11. The molecule has 2 aromatic rings. The van der Waals surface area contributed by atoms with Crippen LogP contribution < -0.4 is 10.6 Å². The van der Waals surface area contributed by atoms with Crippen LogP contribution in [0.1, 0.15) is 23.1 Å². The third kappa shape index (κ3) is 1.89. The van der Waals surface area contributed by atoms with Crippen molar-refractivity contribution in [2.45, 2.75) is 19.5 Å². The van der Waals surface area contributed by atoms with Gasteiger partial charge < -0.3 is 9.84 Å². The SMILES string of the molecule is Cc1cc(CNC2C(=O)Nc3ccccc32)on1. The van der Waals surface area contributed by atoms with Crippen LogP contribution in [0.4, 0.5) is 5.69 Å². The predicted molar refractivity (Wildman–Crippen MR) is 65.9 cm³/mol. The molecule has 1 aliphatic heterocycles. The van der Waals surface area contributed by atoms with Gasteiger partial charge in [0, 0.05) is 17.3 Å². The first kappa shape index (κ1) is 11.0. The molecule has 0 aliphatic carbocycles. The quantitative estimate of drug-likeness (QED) is 0.862. The maximum absolute atomic E-state index is 11.8. The summed E-state index contributed by atoms with van der Waals surface area (Å²) < 4.78 is 5.10. The zero-order chi connectivity index (χ0) is 12.5. The maximum Gasteiger partial charge on any atom is 0.246 e. The van der Waals surface area contributed by atoms with Crippen molar-refractivity contribution in [3.05, 3.63) is 47.3 Å². The molecule has 0 radical (unpaired) electrons. The van der Waals surface area contributed by atoms with Crippen molar-refractivity contribution in [3.8, 4) is 0 Å². The second kappa shape index (κ2) is 4.27. The van der Waals surface area contributed by atoms with Crippen LogP contribution in [0.15, 0.2) is 34.9 Å². The highest BCUT2D eigenvalue weighted by molar-refractivity contribution is 6.02. The Hall–Kier alpha value is -2.14. The highest BCUT2D eigenvalue weighted by atomic mass is 16.5. The number of hydrogen-bond donors (Lipinski definition) is 2. The Balaban J connectivity index is 1.75. The van der Waals surface area contributed by atoms with E-state index in [0.29, 0.717) is 6.54 Å². The number of nitrogens with zero attached hydrogens (tertiary/aromatic N) is 1. The molecule has 0 fully saturated rings. The van der Waals surface area contributed by atoms with E-state index in [-0.39, 0.29) is 11.9 Å². The molecule has 3 rings (SSSR count). The molecule has 0 saturated carbocycles. The first-order valence-corrected chi connectivity index (χ1v) is 5.79. The average molecular weight is 243 g/mol. The first-order chi connectivity index (χ1) is 8.74. The fraction of sp³-hybridized carbons (Fsp3) is 0.231. The molecular formula is C13H13N3O2. The van der Waals surface area contributed by atoms with Gasteiger partial charge in [0.25, 0.3) is 0 Å². The van der Waals surface area contributed by atoms with Gasteiger partial charge in [0.1, 0.15) is 6.04 Å². The van der Waals surface area contributed by atoms with Crippen molar-refractivity contribution in [1.82, 2.24) is 10.5 Å². The van der Waals surface area contributed by atoms with Crippen molar-refractivity contribution in [2.75, 3.05) is 5.32 Å². The normalized spacial score (nSPS) is 17.6. The van der Waals surface area contributed by atoms with Crippen LogP contribution in [0.2, 0.25) is 0 Å². The van der Waals surface area contributed by atoms with Crippen LogP contribution in [0.5, 0.6) is 0 Å². The molecule has 1 aromatic carbocycles. The zero-order valence-corrected chi connectivity index (χ0v) is 9.93. The molecule has 2 N–H and O–H groups in total. The molecule has 1 aliphatic rings. The third-order valence-corrected chi connectivity index (χ3v) is 2.95. The molecule has 1 aromatic heterocycles. The van der Waals surface area contributed by atoms with E-state index < -0.39 is 0 Å². The minimum absolute atomic E-state index is 0.0348. The van der Waals surface area contributed by atoms with E-state index in [2.05, 4.69) is 15.8 Å². The summed E-state index contributed by atoms with van der Waals surface area (Å²) in [4.78, 5) is 11.8. The van der Waals surface area contributed by atoms with Gasteiger partial charge in [-0.2, -0.15) is 0 Å². The molecule has 2 heterocycles. The lowest BCUT2D eigenvalue weighted by Gasteiger charge is -2.09. The summed E-state index contributed by atoms with van der Waals surface area (Å²) in [6.45, 7) is 2.35. The molecule has 1 unspecified atom stereocenters. The number of aryl methyl sites for hydroxylation is 1. The molecule has 1 atom stereocenters. The number of nitrogens with one attached hydrogen (secondary N) is 2. The summed E-state index contributed by atoms with van der Waals surface area (Å²) in [5.74, 6) is 0.692. The fourth-order valence-corrected chi connectivity index (χ4v) is 2.11. The maximum atomic E-state index is 11.8. The molecule has 0 spiro atoms. The van der Waals surface area contributed by atoms with Gasteiger partial charge in [0.2, 0.25) is 5.91 Å². The molecule has 5 nitrogen and oxygen atoms in total. The number of carbonyl (C=O) groups excluding carboxylic acids is 1. The summed E-state index contributed by atoms with van der Waals surface area (Å²) in [6, 6.07) is 9.19. The van der Waals surface area contributed by atoms with E-state index >= 15 is 0 Å². The number of carbonyl (C=O) groups is 1. The average Bonchev–Trinajstić information content (AvgIpc) is 2.90. The van der Waals surface area contributed by atoms with Crippen molar-refractivity contribution in [2.24, 2.45) is 0 Å². The summed E-state index contributed by atoms with van der Waals surface area (Å²) in [6.07, 6.45) is 0. The second-order valence-electron chi connectivity index (χ2n) is 4.33. The smallest absolute Gasteiger partial charge is 0.246 e. The molecule has 0 saturated heterocycles. The van der Waals surface area contributed by atoms with Crippen molar-refractivity contribution in [1.29, 1.82) is 0 Å². The van der Waals surface area contributed by atoms with Crippen molar-refractivity contribution in [3.63, 3.8) is 0 Å². The standard InChI is InChI=1S/C13H13N3O2/c1-8-6-9(18-16-8)7-14-12-10-4-2-3-5-11(10)15-13(12)17/h2-6,12,14H,7H2,1H3,(H,15,17). The number of rotatable bonds is 3. The summed E-state index contributed by atoms with van der Waals surface area (Å²) in [7, 11) is 0. The molecule has 5 heteroatoms. The Kier molecular flexibility index (Phi) is 2.60. The van der Waals surface area contributed by atoms with E-state index in [1.807, 2.05) is 37.3 Å². The Bertz CT molecular complexity index is 591. The lowest BCUT2D eigenvalue weighted by molar-refractivity contribution is -0.117. The van der Waals surface area contributed by atoms with Gasteiger partial charge in [0.15, 0.2) is 5.76 Å². The van der Waals surface area contributed by atoms with E-state index in [1.54, 1.807) is 0 Å². The lowest BCUT2D eigenvalue weighted by atomic mass is 10.1. The lowest BCUT2D eigenvalue weighted by Crippen LogP contribution is -2.26. The van der Waals surface area contributed by atoms with Gasteiger partial charge in [-0.3, -0.25) is 10.1 Å². The highest BCUT2D eigenvalue weighted by Crippen LogP contribution is 2.30. The number of para-hydroxylation sites is 1. The Morgan fingerprint density at radius 1 is 1.44 bits per heavy atom. The first-order valence-electron chi connectivity index (χ1n) is 5.79. The van der Waals surface area contributed by atoms with Crippen LogP contribution in [-0.2, 0) is 11.3 Å². The minimum atomic E-state index is -0.327. The summed E-state index contributed by atoms with van der Waals surface area (Å²) in [5, 5.41) is 9.82. The number of benzene rings is 1. The summed E-state index contributed by atoms with van der Waals surface area (Å²) >= 11 is 0. The Morgan fingerprint density at radius 2 is 2.28 bits per heavy atom. The molecule has 0 bridgehead atoms. The van der Waals surface area contributed by atoms with E-state index in [4.69, 9.17) is 4.52 Å². The molecular weight excluding hydrogens is 230 g/mol. The topological polar surface area (TPSA) is 67.2 Å². The zero-order valence-electron chi connectivity index (χ0n) is 9.93. The molecule has 1 amide bonds. The Morgan fingerprint density at radius 3 is 3.06 bits per heavy atom. The number of hydrogen-bond acceptors (Lipinski definition) is 4. The van der Waals surface area contributed by atoms with E-state index in [1.165, 1.54) is 0 Å². The van der Waals surface area contributed by atoms with Crippen molar-refractivity contribution >= 4 is 11.6 Å². The van der Waals surface area contributed by atoms with Crippen LogP contribution in [0.25, 0.3) is 0 Å². The van der Waals surface area contributed by atoms with Crippen LogP contribution in [-0.4, -0.2) is 11.1 Å². The molecule has 18 heavy (non-hydrogen) atoms. The van der Waals surface area contributed by atoms with Gasteiger partial charge in [0.05, 0.1) is 12.2 Å². The van der Waals surface area contributed by atoms with Crippen molar-refractivity contribution < 1.29 is 9.32 Å². The predicted octanol–water partition coefficient (Wildman–Crippen LogP) is 1.77. The van der Waals surface area contributed by atoms with Crippen LogP contribution in [0, 0.1) is 6.92 Å². The molecule has 92 valence electrons. The number of aromatic nitrogens is 1. The summed E-state index contributed by atoms with van der Waals surface area (Å²) in [5.41, 5.74) is 2.68. The van der Waals surface area contributed by atoms with Gasteiger partial charge in [-0.05, 0) is 13.0 Å². The largest absolute Gasteiger partial charge is 0.360 e. The van der Waals surface area contributed by atoms with Gasteiger partial charge >= 0.3 is 0 Å². The number of amides is 1. The highest BCUT2D eigenvalue weighted by Gasteiger charge is 2.29. The van der Waals surface area contributed by atoms with Crippen LogP contribution >= 0.6 is 0 Å². The van der Waals surface area contributed by atoms with E-state index in [9.17, 15) is 4.79 Å². The third-order valence-electron chi connectivity index (χ3n) is 2.95. The Labute approximate surface area is 104 Å². The van der Waals surface area contributed by atoms with Gasteiger partial charge in [-0.25, -0.2) is 0 Å². The monoisotopic (exact) mass is 243 g/mol. The van der Waals surface area contributed by atoms with E-state index in [0.717, 1.165) is 22.7 Å². The number of anilines is 1. The minimum Gasteiger partial charge on any atom is -0.360 e. The second-order valence-corrected chi connectivity index (χ2v) is 4.33. The van der Waals surface area contributed by atoms with Gasteiger partial charge in [-0.1, -0.05) is 23.4 Å². The number of fused-ring (bicyclic) bond motifs is 1. The van der Waals surface area contributed by atoms with Crippen LogP contribution in [0.3, 0.4) is 0 Å².